The molecular weight excluding hydrogens is 288 g/mol. The van der Waals surface area contributed by atoms with Gasteiger partial charge in [-0.3, -0.25) is 0 Å². The molecule has 0 spiro atoms. The smallest absolute Gasteiger partial charge is 0.240 e. The third-order valence-corrected chi connectivity index (χ3v) is 4.53. The van der Waals surface area contributed by atoms with Crippen LogP contribution in [0.15, 0.2) is 52.0 Å². The maximum absolute atomic E-state index is 12.1. The van der Waals surface area contributed by atoms with E-state index < -0.39 is 10.0 Å². The number of benzene rings is 1. The Morgan fingerprint density at radius 1 is 1.14 bits per heavy atom. The number of hydrogen-bond donors (Lipinski definition) is 2. The molecule has 0 aliphatic heterocycles. The van der Waals surface area contributed by atoms with Crippen LogP contribution in [-0.2, 0) is 23.0 Å². The molecular formula is C15H20N2O3S. The average Bonchev–Trinajstić information content (AvgIpc) is 2.98. The Labute approximate surface area is 125 Å². The van der Waals surface area contributed by atoms with Crippen molar-refractivity contribution in [2.75, 3.05) is 13.1 Å². The molecule has 0 atom stereocenters. The van der Waals surface area contributed by atoms with Gasteiger partial charge in [0, 0.05) is 19.5 Å². The van der Waals surface area contributed by atoms with E-state index in [9.17, 15) is 8.42 Å². The van der Waals surface area contributed by atoms with E-state index in [1.165, 1.54) is 0 Å². The quantitative estimate of drug-likeness (QED) is 0.781. The Hall–Kier alpha value is -1.63. The first-order valence-corrected chi connectivity index (χ1v) is 8.42. The van der Waals surface area contributed by atoms with E-state index in [1.807, 2.05) is 25.1 Å². The van der Waals surface area contributed by atoms with Crippen molar-refractivity contribution in [1.29, 1.82) is 0 Å². The highest BCUT2D eigenvalue weighted by atomic mass is 32.2. The minimum Gasteiger partial charge on any atom is -0.469 e. The van der Waals surface area contributed by atoms with Crippen molar-refractivity contribution < 1.29 is 12.8 Å². The van der Waals surface area contributed by atoms with Crippen LogP contribution in [0, 0.1) is 0 Å². The lowest BCUT2D eigenvalue weighted by atomic mass is 10.2. The summed E-state index contributed by atoms with van der Waals surface area (Å²) < 4.78 is 32.0. The Bertz CT molecular complexity index is 634. The molecule has 1 aromatic heterocycles. The van der Waals surface area contributed by atoms with Crippen LogP contribution in [0.25, 0.3) is 0 Å². The molecule has 21 heavy (non-hydrogen) atoms. The second-order valence-corrected chi connectivity index (χ2v) is 6.42. The zero-order chi connectivity index (χ0) is 15.1. The molecule has 6 heteroatoms. The van der Waals surface area contributed by atoms with Gasteiger partial charge in [-0.25, -0.2) is 13.1 Å². The molecule has 0 saturated heterocycles. The first-order valence-electron chi connectivity index (χ1n) is 6.93. The third-order valence-electron chi connectivity index (χ3n) is 3.06. The lowest BCUT2D eigenvalue weighted by molar-refractivity contribution is 0.506. The molecule has 0 unspecified atom stereocenters. The summed E-state index contributed by atoms with van der Waals surface area (Å²) >= 11 is 0. The van der Waals surface area contributed by atoms with E-state index in [1.54, 1.807) is 24.5 Å². The predicted molar refractivity (Wildman–Crippen MR) is 81.4 cm³/mol. The van der Waals surface area contributed by atoms with Crippen molar-refractivity contribution >= 4 is 10.0 Å². The van der Waals surface area contributed by atoms with Gasteiger partial charge < -0.3 is 9.73 Å². The fraction of sp³-hybridized carbons (Fsp3) is 0.333. The van der Waals surface area contributed by atoms with E-state index in [-0.39, 0.29) is 4.90 Å². The van der Waals surface area contributed by atoms with Crippen LogP contribution in [0.5, 0.6) is 0 Å². The number of sulfonamides is 1. The van der Waals surface area contributed by atoms with Crippen molar-refractivity contribution in [3.63, 3.8) is 0 Å². The summed E-state index contributed by atoms with van der Waals surface area (Å²) in [6, 6.07) is 10.5. The van der Waals surface area contributed by atoms with Crippen LogP contribution in [-0.4, -0.2) is 21.5 Å². The van der Waals surface area contributed by atoms with Crippen LogP contribution in [0.3, 0.4) is 0 Å². The van der Waals surface area contributed by atoms with Gasteiger partial charge in [0.1, 0.15) is 5.76 Å². The monoisotopic (exact) mass is 308 g/mol. The van der Waals surface area contributed by atoms with Crippen molar-refractivity contribution in [2.24, 2.45) is 0 Å². The molecule has 0 amide bonds. The van der Waals surface area contributed by atoms with Crippen LogP contribution in [0.4, 0.5) is 0 Å². The molecule has 0 aliphatic carbocycles. The van der Waals surface area contributed by atoms with Crippen LogP contribution in [0.2, 0.25) is 0 Å². The molecule has 2 rings (SSSR count). The first kappa shape index (κ1) is 15.8. The lowest BCUT2D eigenvalue weighted by Gasteiger charge is -2.07. The zero-order valence-electron chi connectivity index (χ0n) is 12.0. The second kappa shape index (κ2) is 7.40. The Morgan fingerprint density at radius 3 is 2.52 bits per heavy atom. The van der Waals surface area contributed by atoms with Crippen LogP contribution in [0.1, 0.15) is 18.2 Å². The number of furan rings is 1. The van der Waals surface area contributed by atoms with Gasteiger partial charge in [-0.2, -0.15) is 0 Å². The normalized spacial score (nSPS) is 11.7. The molecule has 114 valence electrons. The molecule has 0 saturated carbocycles. The Morgan fingerprint density at radius 2 is 1.90 bits per heavy atom. The van der Waals surface area contributed by atoms with Gasteiger partial charge in [-0.1, -0.05) is 19.1 Å². The summed E-state index contributed by atoms with van der Waals surface area (Å²) in [4.78, 5) is 0.280. The average molecular weight is 308 g/mol. The highest BCUT2D eigenvalue weighted by Gasteiger charge is 2.13. The van der Waals surface area contributed by atoms with Crippen molar-refractivity contribution in [3.05, 3.63) is 54.0 Å². The van der Waals surface area contributed by atoms with Gasteiger partial charge in [0.15, 0.2) is 0 Å². The largest absolute Gasteiger partial charge is 0.469 e. The highest BCUT2D eigenvalue weighted by Crippen LogP contribution is 2.10. The van der Waals surface area contributed by atoms with E-state index in [0.717, 1.165) is 24.4 Å². The molecule has 0 bridgehead atoms. The standard InChI is InChI=1S/C15H20N2O3S/c1-2-16-12-13-5-7-15(8-6-13)21(18,19)17-10-9-14-4-3-11-20-14/h3-8,11,16-17H,2,9-10,12H2,1H3. The first-order chi connectivity index (χ1) is 10.1. The van der Waals surface area contributed by atoms with Crippen molar-refractivity contribution in [2.45, 2.75) is 24.8 Å². The van der Waals surface area contributed by atoms with Crippen LogP contribution >= 0.6 is 0 Å². The molecule has 0 aliphatic rings. The van der Waals surface area contributed by atoms with Gasteiger partial charge in [0.2, 0.25) is 10.0 Å². The van der Waals surface area contributed by atoms with Crippen LogP contribution < -0.4 is 10.0 Å². The molecule has 0 radical (unpaired) electrons. The minimum atomic E-state index is -3.46. The van der Waals surface area contributed by atoms with Crippen molar-refractivity contribution in [1.82, 2.24) is 10.0 Å². The third kappa shape index (κ3) is 4.70. The molecule has 1 heterocycles. The van der Waals surface area contributed by atoms with Gasteiger partial charge in [-0.15, -0.1) is 0 Å². The molecule has 0 fully saturated rings. The van der Waals surface area contributed by atoms with E-state index in [4.69, 9.17) is 4.42 Å². The number of rotatable bonds is 8. The van der Waals surface area contributed by atoms with Gasteiger partial charge in [0.05, 0.1) is 11.2 Å². The van der Waals surface area contributed by atoms with Gasteiger partial charge in [0.25, 0.3) is 0 Å². The second-order valence-electron chi connectivity index (χ2n) is 4.65. The summed E-state index contributed by atoms with van der Waals surface area (Å²) in [6.45, 7) is 3.97. The predicted octanol–water partition coefficient (Wildman–Crippen LogP) is 1.91. The number of hydrogen-bond acceptors (Lipinski definition) is 4. The van der Waals surface area contributed by atoms with Gasteiger partial charge in [-0.05, 0) is 36.4 Å². The molecule has 2 aromatic rings. The minimum absolute atomic E-state index is 0.280. The summed E-state index contributed by atoms with van der Waals surface area (Å²) in [5.41, 5.74) is 1.06. The molecule has 5 nitrogen and oxygen atoms in total. The maximum Gasteiger partial charge on any atom is 0.240 e. The summed E-state index contributed by atoms with van der Waals surface area (Å²) in [6.07, 6.45) is 2.11. The SMILES string of the molecule is CCNCc1ccc(S(=O)(=O)NCCc2ccco2)cc1. The van der Waals surface area contributed by atoms with E-state index in [0.29, 0.717) is 13.0 Å². The van der Waals surface area contributed by atoms with Crippen molar-refractivity contribution in [3.8, 4) is 0 Å². The zero-order valence-corrected chi connectivity index (χ0v) is 12.8. The fourth-order valence-corrected chi connectivity index (χ4v) is 2.93. The fourth-order valence-electron chi connectivity index (χ4n) is 1.90. The summed E-state index contributed by atoms with van der Waals surface area (Å²) in [5.74, 6) is 0.763. The number of nitrogens with one attached hydrogen (secondary N) is 2. The molecule has 2 N–H and O–H groups in total. The topological polar surface area (TPSA) is 71.3 Å². The Balaban J connectivity index is 1.92. The van der Waals surface area contributed by atoms with Gasteiger partial charge >= 0.3 is 0 Å². The van der Waals surface area contributed by atoms with E-state index >= 15 is 0 Å². The summed E-state index contributed by atoms with van der Waals surface area (Å²) in [7, 11) is -3.46. The highest BCUT2D eigenvalue weighted by molar-refractivity contribution is 7.89. The summed E-state index contributed by atoms with van der Waals surface area (Å²) in [5, 5.41) is 3.20. The van der Waals surface area contributed by atoms with E-state index in [2.05, 4.69) is 10.0 Å². The maximum atomic E-state index is 12.1. The molecule has 1 aromatic carbocycles. The Kier molecular flexibility index (Phi) is 5.55. The lowest BCUT2D eigenvalue weighted by Crippen LogP contribution is -2.26.